The minimum atomic E-state index is -0.0149. The summed E-state index contributed by atoms with van der Waals surface area (Å²) in [6.07, 6.45) is 0.856. The second-order valence-corrected chi connectivity index (χ2v) is 6.90. The number of hydrogen-bond acceptors (Lipinski definition) is 6. The van der Waals surface area contributed by atoms with Crippen LogP contribution in [0, 0.1) is 13.8 Å². The summed E-state index contributed by atoms with van der Waals surface area (Å²) in [5.41, 5.74) is 11.4. The van der Waals surface area contributed by atoms with Crippen LogP contribution in [0.15, 0.2) is 47.0 Å². The topological polar surface area (TPSA) is 72.2 Å². The molecule has 2 unspecified atom stereocenters. The second-order valence-electron chi connectivity index (χ2n) is 6.90. The molecule has 0 bridgehead atoms. The summed E-state index contributed by atoms with van der Waals surface area (Å²) in [6, 6.07) is 14.5. The lowest BCUT2D eigenvalue weighted by molar-refractivity contribution is 0.339. The zero-order valence-electron chi connectivity index (χ0n) is 15.8. The molecule has 1 aromatic heterocycles. The lowest BCUT2D eigenvalue weighted by Crippen LogP contribution is -2.27. The Hall–Kier alpha value is -2.70. The summed E-state index contributed by atoms with van der Waals surface area (Å²) < 4.78 is 11.0. The van der Waals surface area contributed by atoms with Crippen molar-refractivity contribution in [3.63, 3.8) is 0 Å². The van der Waals surface area contributed by atoms with E-state index in [4.69, 9.17) is 9.26 Å². The van der Waals surface area contributed by atoms with Gasteiger partial charge in [0.15, 0.2) is 0 Å². The maximum absolute atomic E-state index is 5.52. The third-order valence-corrected chi connectivity index (χ3v) is 4.88. The minimum Gasteiger partial charge on any atom is -0.494 e. The van der Waals surface area contributed by atoms with E-state index in [2.05, 4.69) is 53.0 Å². The average Bonchev–Trinajstić information content (AvgIpc) is 3.34. The number of nitrogens with zero attached hydrogens (tertiary/aromatic N) is 2. The van der Waals surface area contributed by atoms with Gasteiger partial charge in [-0.05, 0) is 62.6 Å². The SMILES string of the molecule is CCOc1ccc(-c2noc(C3CC(c4cc(C)ccc4C)NN3)n2)cc1. The van der Waals surface area contributed by atoms with Gasteiger partial charge in [0.1, 0.15) is 11.8 Å². The van der Waals surface area contributed by atoms with E-state index in [1.165, 1.54) is 16.7 Å². The molecule has 1 saturated heterocycles. The van der Waals surface area contributed by atoms with E-state index >= 15 is 0 Å². The summed E-state index contributed by atoms with van der Waals surface area (Å²) in [4.78, 5) is 4.59. The van der Waals surface area contributed by atoms with Crippen LogP contribution in [0.1, 0.15) is 48.0 Å². The van der Waals surface area contributed by atoms with Crippen molar-refractivity contribution in [1.29, 1.82) is 0 Å². The van der Waals surface area contributed by atoms with Crippen LogP contribution >= 0.6 is 0 Å². The molecule has 2 N–H and O–H groups in total. The molecule has 1 fully saturated rings. The molecule has 3 aromatic rings. The summed E-state index contributed by atoms with van der Waals surface area (Å²) in [7, 11) is 0. The number of ether oxygens (including phenoxy) is 1. The van der Waals surface area contributed by atoms with Crippen molar-refractivity contribution in [2.24, 2.45) is 0 Å². The van der Waals surface area contributed by atoms with Gasteiger partial charge < -0.3 is 9.26 Å². The predicted octanol–water partition coefficient (Wildman–Crippen LogP) is 4.03. The normalized spacial score (nSPS) is 19.4. The van der Waals surface area contributed by atoms with Gasteiger partial charge in [0.25, 0.3) is 0 Å². The summed E-state index contributed by atoms with van der Waals surface area (Å²) >= 11 is 0. The molecule has 2 aromatic carbocycles. The smallest absolute Gasteiger partial charge is 0.245 e. The number of hydrogen-bond donors (Lipinski definition) is 2. The number of benzene rings is 2. The van der Waals surface area contributed by atoms with Gasteiger partial charge in [-0.3, -0.25) is 0 Å². The lowest BCUT2D eigenvalue weighted by atomic mass is 9.96. The molecule has 0 saturated carbocycles. The first kappa shape index (κ1) is 17.7. The van der Waals surface area contributed by atoms with Crippen LogP contribution in [-0.2, 0) is 0 Å². The Balaban J connectivity index is 1.48. The maximum Gasteiger partial charge on any atom is 0.245 e. The van der Waals surface area contributed by atoms with Crippen LogP contribution in [0.4, 0.5) is 0 Å². The van der Waals surface area contributed by atoms with Crippen molar-refractivity contribution < 1.29 is 9.26 Å². The van der Waals surface area contributed by atoms with Gasteiger partial charge in [0, 0.05) is 11.6 Å². The van der Waals surface area contributed by atoms with E-state index in [0.717, 1.165) is 17.7 Å². The molecule has 140 valence electrons. The van der Waals surface area contributed by atoms with Crippen LogP contribution < -0.4 is 15.6 Å². The number of aryl methyl sites for hydroxylation is 2. The molecule has 2 atom stereocenters. The highest BCUT2D eigenvalue weighted by molar-refractivity contribution is 5.55. The van der Waals surface area contributed by atoms with E-state index in [0.29, 0.717) is 18.3 Å². The standard InChI is InChI=1S/C21H24N4O2/c1-4-26-16-9-7-15(8-10-16)20-22-21(27-25-20)19-12-18(23-24-19)17-11-13(2)5-6-14(17)3/h5-11,18-19,23-24H,4,12H2,1-3H3. The molecular weight excluding hydrogens is 340 g/mol. The van der Waals surface area contributed by atoms with E-state index in [1.54, 1.807) is 0 Å². The van der Waals surface area contributed by atoms with Gasteiger partial charge >= 0.3 is 0 Å². The zero-order valence-corrected chi connectivity index (χ0v) is 15.8. The zero-order chi connectivity index (χ0) is 18.8. The monoisotopic (exact) mass is 364 g/mol. The van der Waals surface area contributed by atoms with Crippen molar-refractivity contribution in [3.05, 3.63) is 65.0 Å². The summed E-state index contributed by atoms with van der Waals surface area (Å²) in [6.45, 7) is 6.87. The van der Waals surface area contributed by atoms with Crippen molar-refractivity contribution in [1.82, 2.24) is 21.0 Å². The molecule has 0 aliphatic carbocycles. The predicted molar refractivity (Wildman–Crippen MR) is 103 cm³/mol. The number of rotatable bonds is 5. The average molecular weight is 364 g/mol. The highest BCUT2D eigenvalue weighted by atomic mass is 16.5. The van der Waals surface area contributed by atoms with Gasteiger partial charge in [-0.2, -0.15) is 4.98 Å². The Labute approximate surface area is 158 Å². The fourth-order valence-corrected chi connectivity index (χ4v) is 3.42. The fourth-order valence-electron chi connectivity index (χ4n) is 3.42. The first-order valence-electron chi connectivity index (χ1n) is 9.29. The first-order chi connectivity index (χ1) is 13.1. The lowest BCUT2D eigenvalue weighted by Gasteiger charge is -2.13. The van der Waals surface area contributed by atoms with Gasteiger partial charge in [0.05, 0.1) is 6.61 Å². The van der Waals surface area contributed by atoms with Crippen molar-refractivity contribution in [2.45, 2.75) is 39.3 Å². The number of aromatic nitrogens is 2. The van der Waals surface area contributed by atoms with E-state index in [-0.39, 0.29) is 12.1 Å². The van der Waals surface area contributed by atoms with Crippen LogP contribution in [0.25, 0.3) is 11.4 Å². The third kappa shape index (κ3) is 3.72. The number of hydrazine groups is 1. The molecule has 6 heteroatoms. The van der Waals surface area contributed by atoms with Crippen molar-refractivity contribution >= 4 is 0 Å². The minimum absolute atomic E-state index is 0.0149. The highest BCUT2D eigenvalue weighted by Gasteiger charge is 2.31. The summed E-state index contributed by atoms with van der Waals surface area (Å²) in [5, 5.41) is 4.14. The van der Waals surface area contributed by atoms with Crippen LogP contribution in [-0.4, -0.2) is 16.7 Å². The Morgan fingerprint density at radius 2 is 1.85 bits per heavy atom. The quantitative estimate of drug-likeness (QED) is 0.712. The molecule has 27 heavy (non-hydrogen) atoms. The molecule has 6 nitrogen and oxygen atoms in total. The molecular formula is C21H24N4O2. The van der Waals surface area contributed by atoms with E-state index < -0.39 is 0 Å². The molecule has 2 heterocycles. The summed E-state index contributed by atoms with van der Waals surface area (Å²) in [5.74, 6) is 2.02. The highest BCUT2D eigenvalue weighted by Crippen LogP contribution is 2.32. The molecule has 1 aliphatic heterocycles. The maximum atomic E-state index is 5.52. The van der Waals surface area contributed by atoms with Crippen molar-refractivity contribution in [3.8, 4) is 17.1 Å². The fraction of sp³-hybridized carbons (Fsp3) is 0.333. The molecule has 0 amide bonds. The molecule has 0 radical (unpaired) electrons. The molecule has 0 spiro atoms. The van der Waals surface area contributed by atoms with Crippen LogP contribution in [0.5, 0.6) is 5.75 Å². The van der Waals surface area contributed by atoms with Crippen LogP contribution in [0.2, 0.25) is 0 Å². The first-order valence-corrected chi connectivity index (χ1v) is 9.29. The van der Waals surface area contributed by atoms with Gasteiger partial charge in [0.2, 0.25) is 11.7 Å². The Kier molecular flexibility index (Phi) is 4.92. The Bertz CT molecular complexity index is 920. The van der Waals surface area contributed by atoms with Crippen molar-refractivity contribution in [2.75, 3.05) is 6.61 Å². The van der Waals surface area contributed by atoms with E-state index in [9.17, 15) is 0 Å². The molecule has 4 rings (SSSR count). The largest absolute Gasteiger partial charge is 0.494 e. The van der Waals surface area contributed by atoms with Gasteiger partial charge in [-0.1, -0.05) is 28.9 Å². The van der Waals surface area contributed by atoms with E-state index in [1.807, 2.05) is 31.2 Å². The Morgan fingerprint density at radius 3 is 2.63 bits per heavy atom. The third-order valence-electron chi connectivity index (χ3n) is 4.88. The molecule has 1 aliphatic rings. The number of nitrogens with one attached hydrogen (secondary N) is 2. The van der Waals surface area contributed by atoms with Gasteiger partial charge in [-0.25, -0.2) is 10.9 Å². The Morgan fingerprint density at radius 1 is 1.07 bits per heavy atom. The second kappa shape index (κ2) is 7.50. The van der Waals surface area contributed by atoms with Crippen LogP contribution in [0.3, 0.4) is 0 Å². The van der Waals surface area contributed by atoms with Gasteiger partial charge in [-0.15, -0.1) is 0 Å².